The minimum Gasteiger partial charge on any atom is -0.469 e. The predicted molar refractivity (Wildman–Crippen MR) is 78.4 cm³/mol. The normalized spacial score (nSPS) is 11.0. The van der Waals surface area contributed by atoms with Crippen LogP contribution in [0.4, 0.5) is 0 Å². The van der Waals surface area contributed by atoms with E-state index < -0.39 is 0 Å². The van der Waals surface area contributed by atoms with Gasteiger partial charge in [-0.3, -0.25) is 9.48 Å². The predicted octanol–water partition coefficient (Wildman–Crippen LogP) is 3.70. The van der Waals surface area contributed by atoms with Crippen LogP contribution in [0.25, 0.3) is 0 Å². The molecular weight excluding hydrogens is 276 g/mol. The van der Waals surface area contributed by atoms with Crippen LogP contribution >= 0.6 is 11.6 Å². The third-order valence-electron chi connectivity index (χ3n) is 3.39. The molecule has 0 bridgehead atoms. The van der Waals surface area contributed by atoms with E-state index in [1.165, 1.54) is 0 Å². The fraction of sp³-hybridized carbons (Fsp3) is 0.467. The van der Waals surface area contributed by atoms with Gasteiger partial charge in [0.1, 0.15) is 5.76 Å². The van der Waals surface area contributed by atoms with Gasteiger partial charge in [-0.15, -0.1) is 0 Å². The Morgan fingerprint density at radius 2 is 2.10 bits per heavy atom. The molecule has 0 aliphatic carbocycles. The van der Waals surface area contributed by atoms with Crippen molar-refractivity contribution in [1.29, 1.82) is 0 Å². The van der Waals surface area contributed by atoms with Crippen LogP contribution in [0.2, 0.25) is 5.02 Å². The largest absolute Gasteiger partial charge is 0.469 e. The van der Waals surface area contributed by atoms with Crippen molar-refractivity contribution in [3.8, 4) is 0 Å². The van der Waals surface area contributed by atoms with Gasteiger partial charge in [-0.25, -0.2) is 0 Å². The SMILES string of the molecule is CCc1nn(CC)c(CC(=O)c2ccoc2CC)c1Cl. The van der Waals surface area contributed by atoms with Crippen LogP contribution in [0.1, 0.15) is 48.3 Å². The lowest BCUT2D eigenvalue weighted by atomic mass is 10.1. The number of hydrogen-bond donors (Lipinski definition) is 0. The molecule has 2 aromatic rings. The molecule has 0 aromatic carbocycles. The zero-order valence-electron chi connectivity index (χ0n) is 12.1. The molecule has 2 aromatic heterocycles. The zero-order chi connectivity index (χ0) is 14.7. The van der Waals surface area contributed by atoms with E-state index in [-0.39, 0.29) is 12.2 Å². The highest BCUT2D eigenvalue weighted by Crippen LogP contribution is 2.24. The highest BCUT2D eigenvalue weighted by Gasteiger charge is 2.20. The fourth-order valence-electron chi connectivity index (χ4n) is 2.30. The maximum atomic E-state index is 12.4. The summed E-state index contributed by atoms with van der Waals surface area (Å²) in [6.07, 6.45) is 3.28. The molecule has 20 heavy (non-hydrogen) atoms. The summed E-state index contributed by atoms with van der Waals surface area (Å²) in [7, 11) is 0. The number of aryl methyl sites for hydroxylation is 3. The highest BCUT2D eigenvalue weighted by atomic mass is 35.5. The summed E-state index contributed by atoms with van der Waals surface area (Å²) in [6.45, 7) is 6.67. The van der Waals surface area contributed by atoms with E-state index in [0.717, 1.165) is 23.6 Å². The molecule has 0 aliphatic rings. The maximum absolute atomic E-state index is 12.4. The lowest BCUT2D eigenvalue weighted by Gasteiger charge is -2.04. The van der Waals surface area contributed by atoms with E-state index in [9.17, 15) is 4.79 Å². The molecule has 4 nitrogen and oxygen atoms in total. The fourth-order valence-corrected chi connectivity index (χ4v) is 2.63. The summed E-state index contributed by atoms with van der Waals surface area (Å²) < 4.78 is 7.12. The second-order valence-corrected chi connectivity index (χ2v) is 4.97. The van der Waals surface area contributed by atoms with Gasteiger partial charge in [0.15, 0.2) is 5.78 Å². The minimum absolute atomic E-state index is 0.0229. The Hall–Kier alpha value is -1.55. The molecule has 0 radical (unpaired) electrons. The Balaban J connectivity index is 2.30. The van der Waals surface area contributed by atoms with Crippen LogP contribution in [0.3, 0.4) is 0 Å². The Morgan fingerprint density at radius 1 is 1.35 bits per heavy atom. The van der Waals surface area contributed by atoms with Crippen molar-refractivity contribution in [1.82, 2.24) is 9.78 Å². The summed E-state index contributed by atoms with van der Waals surface area (Å²) in [6, 6.07) is 1.72. The van der Waals surface area contributed by atoms with Gasteiger partial charge in [0.2, 0.25) is 0 Å². The number of aromatic nitrogens is 2. The molecule has 0 fully saturated rings. The molecule has 0 aliphatic heterocycles. The molecule has 2 heterocycles. The molecule has 0 atom stereocenters. The Kier molecular flexibility index (Phi) is 4.65. The standard InChI is InChI=1S/C15H19ClN2O2/c1-4-11-15(16)12(18(6-3)17-11)9-13(19)10-7-8-20-14(10)5-2/h7-8H,4-6,9H2,1-3H3. The zero-order valence-corrected chi connectivity index (χ0v) is 12.8. The summed E-state index contributed by atoms with van der Waals surface area (Å²) in [5, 5.41) is 5.05. The smallest absolute Gasteiger partial charge is 0.172 e. The van der Waals surface area contributed by atoms with Crippen LogP contribution in [-0.2, 0) is 25.8 Å². The third-order valence-corrected chi connectivity index (χ3v) is 3.83. The second-order valence-electron chi connectivity index (χ2n) is 4.59. The Labute approximate surface area is 123 Å². The molecule has 0 N–H and O–H groups in total. The van der Waals surface area contributed by atoms with Crippen molar-refractivity contribution >= 4 is 17.4 Å². The first-order chi connectivity index (χ1) is 9.62. The van der Waals surface area contributed by atoms with Gasteiger partial charge in [-0.2, -0.15) is 5.10 Å². The number of carbonyl (C=O) groups is 1. The van der Waals surface area contributed by atoms with Crippen LogP contribution in [0.15, 0.2) is 16.7 Å². The summed E-state index contributed by atoms with van der Waals surface area (Å²) in [5.74, 6) is 0.749. The van der Waals surface area contributed by atoms with Crippen LogP contribution in [0.5, 0.6) is 0 Å². The van der Waals surface area contributed by atoms with Crippen molar-refractivity contribution in [3.05, 3.63) is 40.1 Å². The molecule has 2 rings (SSSR count). The average Bonchev–Trinajstić information content (AvgIpc) is 3.04. The van der Waals surface area contributed by atoms with Crippen molar-refractivity contribution in [2.75, 3.05) is 0 Å². The number of furan rings is 1. The molecule has 0 saturated heterocycles. The van der Waals surface area contributed by atoms with E-state index in [1.807, 2.05) is 25.5 Å². The van der Waals surface area contributed by atoms with Crippen molar-refractivity contribution in [3.63, 3.8) is 0 Å². The lowest BCUT2D eigenvalue weighted by molar-refractivity contribution is 0.0988. The number of rotatable bonds is 6. The number of halogens is 1. The average molecular weight is 295 g/mol. The van der Waals surface area contributed by atoms with Gasteiger partial charge in [0.05, 0.1) is 34.7 Å². The van der Waals surface area contributed by atoms with E-state index in [0.29, 0.717) is 23.6 Å². The third kappa shape index (κ3) is 2.66. The molecule has 0 unspecified atom stereocenters. The van der Waals surface area contributed by atoms with Crippen molar-refractivity contribution < 1.29 is 9.21 Å². The Bertz CT molecular complexity index is 613. The van der Waals surface area contributed by atoms with E-state index in [2.05, 4.69) is 5.10 Å². The van der Waals surface area contributed by atoms with Crippen LogP contribution in [-0.4, -0.2) is 15.6 Å². The van der Waals surface area contributed by atoms with E-state index >= 15 is 0 Å². The topological polar surface area (TPSA) is 48.0 Å². The summed E-state index contributed by atoms with van der Waals surface area (Å²) in [4.78, 5) is 12.4. The molecular formula is C15H19ClN2O2. The monoisotopic (exact) mass is 294 g/mol. The van der Waals surface area contributed by atoms with Gasteiger partial charge in [0.25, 0.3) is 0 Å². The van der Waals surface area contributed by atoms with Crippen LogP contribution < -0.4 is 0 Å². The molecule has 0 spiro atoms. The first kappa shape index (κ1) is 14.9. The first-order valence-corrected chi connectivity index (χ1v) is 7.33. The van der Waals surface area contributed by atoms with Gasteiger partial charge in [-0.05, 0) is 19.4 Å². The molecule has 5 heteroatoms. The Morgan fingerprint density at radius 3 is 2.70 bits per heavy atom. The summed E-state index contributed by atoms with van der Waals surface area (Å²) in [5.41, 5.74) is 2.28. The quantitative estimate of drug-likeness (QED) is 0.763. The van der Waals surface area contributed by atoms with E-state index in [1.54, 1.807) is 12.3 Å². The van der Waals surface area contributed by atoms with Crippen molar-refractivity contribution in [2.45, 2.75) is 46.6 Å². The lowest BCUT2D eigenvalue weighted by Crippen LogP contribution is -2.10. The number of Topliss-reactive ketones (excluding diaryl/α,β-unsaturated/α-hetero) is 1. The van der Waals surface area contributed by atoms with Gasteiger partial charge in [-0.1, -0.05) is 25.4 Å². The maximum Gasteiger partial charge on any atom is 0.172 e. The van der Waals surface area contributed by atoms with Gasteiger partial charge in [0, 0.05) is 13.0 Å². The number of hydrogen-bond acceptors (Lipinski definition) is 3. The van der Waals surface area contributed by atoms with Gasteiger partial charge < -0.3 is 4.42 Å². The number of nitrogens with zero attached hydrogens (tertiary/aromatic N) is 2. The highest BCUT2D eigenvalue weighted by molar-refractivity contribution is 6.32. The van der Waals surface area contributed by atoms with E-state index in [4.69, 9.17) is 16.0 Å². The minimum atomic E-state index is 0.0229. The number of carbonyl (C=O) groups excluding carboxylic acids is 1. The molecule has 108 valence electrons. The first-order valence-electron chi connectivity index (χ1n) is 6.95. The van der Waals surface area contributed by atoms with Crippen molar-refractivity contribution in [2.24, 2.45) is 0 Å². The number of ketones is 1. The van der Waals surface area contributed by atoms with Crippen LogP contribution in [0, 0.1) is 0 Å². The van der Waals surface area contributed by atoms with Gasteiger partial charge >= 0.3 is 0 Å². The summed E-state index contributed by atoms with van der Waals surface area (Å²) >= 11 is 6.33. The molecule has 0 saturated carbocycles. The molecule has 0 amide bonds. The second kappa shape index (κ2) is 6.27.